The summed E-state index contributed by atoms with van der Waals surface area (Å²) in [7, 11) is 1.74. The molecule has 0 radical (unpaired) electrons. The largest absolute Gasteiger partial charge is 0.356 e. The summed E-state index contributed by atoms with van der Waals surface area (Å²) < 4.78 is 0. The topological polar surface area (TPSA) is 78.4 Å². The fourth-order valence-corrected chi connectivity index (χ4v) is 3.14. The van der Waals surface area contributed by atoms with Crippen LogP contribution in [0.3, 0.4) is 0 Å². The molecule has 2 aromatic rings. The lowest BCUT2D eigenvalue weighted by atomic mass is 10.2. The van der Waals surface area contributed by atoms with Crippen LogP contribution in [0.25, 0.3) is 0 Å². The van der Waals surface area contributed by atoms with E-state index >= 15 is 0 Å². The Kier molecular flexibility index (Phi) is 11.0. The van der Waals surface area contributed by atoms with E-state index < -0.39 is 0 Å². The van der Waals surface area contributed by atoms with Crippen molar-refractivity contribution in [2.24, 2.45) is 4.99 Å². The summed E-state index contributed by atoms with van der Waals surface area (Å²) >= 11 is 1.66. The maximum absolute atomic E-state index is 11.9. The van der Waals surface area contributed by atoms with Gasteiger partial charge < -0.3 is 16.0 Å². The van der Waals surface area contributed by atoms with Crippen molar-refractivity contribution < 1.29 is 4.79 Å². The van der Waals surface area contributed by atoms with E-state index in [4.69, 9.17) is 0 Å². The van der Waals surface area contributed by atoms with E-state index in [1.807, 2.05) is 30.3 Å². The highest BCUT2D eigenvalue weighted by atomic mass is 127. The van der Waals surface area contributed by atoms with Crippen molar-refractivity contribution in [1.29, 1.82) is 0 Å². The Morgan fingerprint density at radius 1 is 1.15 bits per heavy atom. The van der Waals surface area contributed by atoms with E-state index in [0.29, 0.717) is 24.6 Å². The fraction of sp³-hybridized carbons (Fsp3) is 0.421. The molecular formula is C19H28IN5OS. The average molecular weight is 501 g/mol. The van der Waals surface area contributed by atoms with Gasteiger partial charge in [-0.15, -0.1) is 35.3 Å². The Morgan fingerprint density at radius 2 is 1.85 bits per heavy atom. The molecule has 3 N–H and O–H groups in total. The van der Waals surface area contributed by atoms with Gasteiger partial charge in [0.25, 0.3) is 5.91 Å². The first-order chi connectivity index (χ1) is 12.6. The van der Waals surface area contributed by atoms with Crippen molar-refractivity contribution in [2.45, 2.75) is 32.7 Å². The van der Waals surface area contributed by atoms with Gasteiger partial charge in [0.05, 0.1) is 12.2 Å². The number of carbonyl (C=O) groups is 1. The first kappa shape index (κ1) is 23.4. The molecule has 0 spiro atoms. The molecule has 0 bridgehead atoms. The minimum Gasteiger partial charge on any atom is -0.356 e. The number of benzene rings is 1. The molecule has 0 saturated carbocycles. The van der Waals surface area contributed by atoms with Crippen molar-refractivity contribution in [2.75, 3.05) is 20.1 Å². The van der Waals surface area contributed by atoms with Crippen LogP contribution in [-0.2, 0) is 6.54 Å². The SMILES string of the molecule is CN=C(NCCCNC(=O)c1ccccc1)NCc1nc(C(C)C)cs1.I. The summed E-state index contributed by atoms with van der Waals surface area (Å²) in [5.41, 5.74) is 1.81. The van der Waals surface area contributed by atoms with Crippen LogP contribution in [0.15, 0.2) is 40.7 Å². The lowest BCUT2D eigenvalue weighted by Crippen LogP contribution is -2.38. The Hall–Kier alpha value is -1.68. The number of hydrogen-bond donors (Lipinski definition) is 3. The van der Waals surface area contributed by atoms with E-state index in [0.717, 1.165) is 29.6 Å². The fourth-order valence-electron chi connectivity index (χ4n) is 2.24. The van der Waals surface area contributed by atoms with Gasteiger partial charge in [-0.1, -0.05) is 32.0 Å². The van der Waals surface area contributed by atoms with Crippen molar-refractivity contribution in [3.63, 3.8) is 0 Å². The highest BCUT2D eigenvalue weighted by molar-refractivity contribution is 14.0. The van der Waals surface area contributed by atoms with Crippen LogP contribution in [0, 0.1) is 0 Å². The number of guanidine groups is 1. The van der Waals surface area contributed by atoms with Gasteiger partial charge in [0.1, 0.15) is 5.01 Å². The van der Waals surface area contributed by atoms with E-state index in [9.17, 15) is 4.79 Å². The highest BCUT2D eigenvalue weighted by Gasteiger charge is 2.06. The normalized spacial score (nSPS) is 11.0. The third kappa shape index (κ3) is 8.25. The molecule has 148 valence electrons. The molecule has 1 amide bonds. The summed E-state index contributed by atoms with van der Waals surface area (Å²) in [6, 6.07) is 9.23. The second-order valence-electron chi connectivity index (χ2n) is 6.15. The van der Waals surface area contributed by atoms with Crippen LogP contribution < -0.4 is 16.0 Å². The monoisotopic (exact) mass is 501 g/mol. The van der Waals surface area contributed by atoms with Gasteiger partial charge in [0.2, 0.25) is 0 Å². The van der Waals surface area contributed by atoms with Crippen LogP contribution in [0.1, 0.15) is 47.2 Å². The van der Waals surface area contributed by atoms with Gasteiger partial charge in [-0.05, 0) is 24.5 Å². The number of halogens is 1. The number of carbonyl (C=O) groups excluding carboxylic acids is 1. The molecule has 1 aromatic heterocycles. The predicted octanol–water partition coefficient (Wildman–Crippen LogP) is 3.37. The number of nitrogens with zero attached hydrogens (tertiary/aromatic N) is 2. The Bertz CT molecular complexity index is 718. The molecule has 0 atom stereocenters. The van der Waals surface area contributed by atoms with Crippen molar-refractivity contribution in [3.05, 3.63) is 52.0 Å². The minimum absolute atomic E-state index is 0. The predicted molar refractivity (Wildman–Crippen MR) is 123 cm³/mol. The highest BCUT2D eigenvalue weighted by Crippen LogP contribution is 2.17. The van der Waals surface area contributed by atoms with E-state index in [1.54, 1.807) is 18.4 Å². The number of amides is 1. The molecule has 0 aliphatic heterocycles. The van der Waals surface area contributed by atoms with Crippen LogP contribution in [-0.4, -0.2) is 37.0 Å². The molecule has 0 aliphatic carbocycles. The summed E-state index contributed by atoms with van der Waals surface area (Å²) in [6.07, 6.45) is 0.814. The molecule has 6 nitrogen and oxygen atoms in total. The van der Waals surface area contributed by atoms with E-state index in [1.165, 1.54) is 0 Å². The standard InChI is InChI=1S/C19H27N5OS.HI/c1-14(2)16-13-26-17(24-16)12-23-19(20-3)22-11-7-10-21-18(25)15-8-5-4-6-9-15;/h4-6,8-9,13-14H,7,10-12H2,1-3H3,(H,21,25)(H2,20,22,23);1H. The lowest BCUT2D eigenvalue weighted by molar-refractivity contribution is 0.0953. The van der Waals surface area contributed by atoms with Crippen LogP contribution >= 0.6 is 35.3 Å². The quantitative estimate of drug-likeness (QED) is 0.224. The third-order valence-electron chi connectivity index (χ3n) is 3.76. The van der Waals surface area contributed by atoms with E-state index in [2.05, 4.69) is 45.2 Å². The molecule has 27 heavy (non-hydrogen) atoms. The molecule has 0 saturated heterocycles. The minimum atomic E-state index is -0.0437. The van der Waals surface area contributed by atoms with E-state index in [-0.39, 0.29) is 29.9 Å². The zero-order valence-corrected chi connectivity index (χ0v) is 19.1. The number of hydrogen-bond acceptors (Lipinski definition) is 4. The second-order valence-corrected chi connectivity index (χ2v) is 7.09. The Morgan fingerprint density at radius 3 is 2.48 bits per heavy atom. The number of aliphatic imine (C=N–C) groups is 1. The van der Waals surface area contributed by atoms with Gasteiger partial charge in [-0.2, -0.15) is 0 Å². The molecular weight excluding hydrogens is 473 g/mol. The van der Waals surface area contributed by atoms with Gasteiger partial charge in [0, 0.05) is 31.1 Å². The maximum Gasteiger partial charge on any atom is 0.251 e. The second kappa shape index (κ2) is 12.7. The number of aromatic nitrogens is 1. The van der Waals surface area contributed by atoms with Crippen LogP contribution in [0.4, 0.5) is 0 Å². The average Bonchev–Trinajstić information content (AvgIpc) is 3.14. The molecule has 0 aliphatic rings. The summed E-state index contributed by atoms with van der Waals surface area (Å²) in [6.45, 7) is 6.28. The number of rotatable bonds is 8. The van der Waals surface area contributed by atoms with Crippen molar-refractivity contribution >= 4 is 47.2 Å². The molecule has 2 rings (SSSR count). The van der Waals surface area contributed by atoms with Gasteiger partial charge in [0.15, 0.2) is 5.96 Å². The maximum atomic E-state index is 11.9. The third-order valence-corrected chi connectivity index (χ3v) is 4.63. The van der Waals surface area contributed by atoms with Crippen LogP contribution in [0.2, 0.25) is 0 Å². The molecule has 8 heteroatoms. The first-order valence-corrected chi connectivity index (χ1v) is 9.70. The Labute approximate surface area is 182 Å². The summed E-state index contributed by atoms with van der Waals surface area (Å²) in [5.74, 6) is 1.14. The smallest absolute Gasteiger partial charge is 0.251 e. The summed E-state index contributed by atoms with van der Waals surface area (Å²) in [4.78, 5) is 20.7. The Balaban J connectivity index is 0.00000364. The molecule has 1 heterocycles. The van der Waals surface area contributed by atoms with Gasteiger partial charge >= 0.3 is 0 Å². The van der Waals surface area contributed by atoms with Gasteiger partial charge in [-0.25, -0.2) is 4.98 Å². The lowest BCUT2D eigenvalue weighted by Gasteiger charge is -2.11. The summed E-state index contributed by atoms with van der Waals surface area (Å²) in [5, 5.41) is 12.6. The molecule has 1 aromatic carbocycles. The van der Waals surface area contributed by atoms with Crippen LogP contribution in [0.5, 0.6) is 0 Å². The first-order valence-electron chi connectivity index (χ1n) is 8.82. The number of nitrogens with one attached hydrogen (secondary N) is 3. The zero-order chi connectivity index (χ0) is 18.8. The zero-order valence-electron chi connectivity index (χ0n) is 16.0. The van der Waals surface area contributed by atoms with Crippen molar-refractivity contribution in [3.8, 4) is 0 Å². The van der Waals surface area contributed by atoms with Gasteiger partial charge in [-0.3, -0.25) is 9.79 Å². The molecule has 0 fully saturated rings. The molecule has 0 unspecified atom stereocenters. The van der Waals surface area contributed by atoms with Crippen molar-refractivity contribution in [1.82, 2.24) is 20.9 Å². The number of thiazole rings is 1.